The van der Waals surface area contributed by atoms with Crippen LogP contribution < -0.4 is 14.2 Å². The van der Waals surface area contributed by atoms with Gasteiger partial charge in [0.2, 0.25) is 0 Å². The summed E-state index contributed by atoms with van der Waals surface area (Å²) >= 11 is 0. The predicted molar refractivity (Wildman–Crippen MR) is 174 cm³/mol. The Labute approximate surface area is 275 Å². The molecule has 0 bridgehead atoms. The summed E-state index contributed by atoms with van der Waals surface area (Å²) in [5.74, 6) is 2.30. The molecule has 0 aromatic heterocycles. The maximum absolute atomic E-state index is 13.5. The summed E-state index contributed by atoms with van der Waals surface area (Å²) in [5.41, 5.74) is -0.598. The highest BCUT2D eigenvalue weighted by Gasteiger charge is 2.43. The molecule has 1 aromatic carbocycles. The Morgan fingerprint density at radius 2 is 1.72 bits per heavy atom. The third kappa shape index (κ3) is 10.8. The first kappa shape index (κ1) is 35.9. The molecule has 11 heteroatoms. The van der Waals surface area contributed by atoms with Crippen molar-refractivity contribution >= 4 is 12.2 Å². The Bertz CT molecular complexity index is 1110. The molecule has 11 nitrogen and oxygen atoms in total. The molecule has 0 spiro atoms. The fourth-order valence-electron chi connectivity index (χ4n) is 6.06. The van der Waals surface area contributed by atoms with Crippen LogP contribution in [0, 0.1) is 17.8 Å². The van der Waals surface area contributed by atoms with Gasteiger partial charge in [0.15, 0.2) is 11.5 Å². The maximum atomic E-state index is 13.5. The van der Waals surface area contributed by atoms with E-state index in [0.717, 1.165) is 32.1 Å². The lowest BCUT2D eigenvalue weighted by Crippen LogP contribution is -2.42. The number of amides is 2. The second-order valence-corrected chi connectivity index (χ2v) is 14.1. The molecular weight excluding hydrogens is 592 g/mol. The monoisotopic (exact) mass is 648 g/mol. The van der Waals surface area contributed by atoms with Gasteiger partial charge in [0.05, 0.1) is 26.9 Å². The van der Waals surface area contributed by atoms with E-state index >= 15 is 0 Å². The average molecular weight is 649 g/mol. The summed E-state index contributed by atoms with van der Waals surface area (Å²) in [4.78, 5) is 30.4. The molecule has 0 radical (unpaired) electrons. The van der Waals surface area contributed by atoms with E-state index in [1.807, 2.05) is 43.9 Å². The van der Waals surface area contributed by atoms with Crippen molar-refractivity contribution < 1.29 is 42.7 Å². The smallest absolute Gasteiger partial charge is 0.410 e. The van der Waals surface area contributed by atoms with E-state index in [1.165, 1.54) is 0 Å². The van der Waals surface area contributed by atoms with Crippen LogP contribution >= 0.6 is 0 Å². The van der Waals surface area contributed by atoms with Gasteiger partial charge in [-0.05, 0) is 69.9 Å². The van der Waals surface area contributed by atoms with E-state index in [1.54, 1.807) is 19.1 Å². The van der Waals surface area contributed by atoms with Crippen LogP contribution in [0.5, 0.6) is 17.2 Å². The second kappa shape index (κ2) is 16.8. The van der Waals surface area contributed by atoms with Gasteiger partial charge in [-0.2, -0.15) is 0 Å². The Hall–Kier alpha value is -2.92. The first-order valence-electron chi connectivity index (χ1n) is 17.0. The summed E-state index contributed by atoms with van der Waals surface area (Å²) in [6.07, 6.45) is 4.04. The third-order valence-corrected chi connectivity index (χ3v) is 8.77. The summed E-state index contributed by atoms with van der Waals surface area (Å²) in [6.45, 7) is 13.9. The summed E-state index contributed by atoms with van der Waals surface area (Å²) in [5, 5.41) is 0. The molecule has 2 heterocycles. The molecule has 260 valence electrons. The molecule has 46 heavy (non-hydrogen) atoms. The van der Waals surface area contributed by atoms with E-state index in [0.29, 0.717) is 69.7 Å². The van der Waals surface area contributed by atoms with Crippen LogP contribution in [0.15, 0.2) is 18.2 Å². The molecule has 3 fully saturated rings. The number of ether oxygens (including phenoxy) is 7. The second-order valence-electron chi connectivity index (χ2n) is 14.1. The van der Waals surface area contributed by atoms with E-state index < -0.39 is 5.60 Å². The quantitative estimate of drug-likeness (QED) is 0.207. The summed E-state index contributed by atoms with van der Waals surface area (Å²) in [7, 11) is 3.29. The third-order valence-electron chi connectivity index (χ3n) is 8.77. The SMILES string of the molecule is COCCCOc1cc(O[C@@H](CC2CN(C(=O)OC(C)(C)C)CC2CN(C(=O)OC2CCOCC2)C2CC2)C(C)C)ccc1OC. The first-order chi connectivity index (χ1) is 22.0. The van der Waals surface area contributed by atoms with Crippen LogP contribution in [-0.4, -0.2) is 106 Å². The zero-order valence-corrected chi connectivity index (χ0v) is 29.0. The van der Waals surface area contributed by atoms with Crippen LogP contribution in [0.2, 0.25) is 0 Å². The van der Waals surface area contributed by atoms with Crippen LogP contribution in [0.4, 0.5) is 9.59 Å². The number of likely N-dealkylation sites (tertiary alicyclic amines) is 1. The lowest BCUT2D eigenvalue weighted by Gasteiger charge is -2.32. The Morgan fingerprint density at radius 1 is 1.00 bits per heavy atom. The Balaban J connectivity index is 1.49. The molecule has 0 N–H and O–H groups in total. The first-order valence-corrected chi connectivity index (χ1v) is 17.0. The number of hydrogen-bond donors (Lipinski definition) is 0. The van der Waals surface area contributed by atoms with Gasteiger partial charge in [0.1, 0.15) is 23.6 Å². The number of hydrogen-bond acceptors (Lipinski definition) is 9. The van der Waals surface area contributed by atoms with Crippen molar-refractivity contribution in [3.63, 3.8) is 0 Å². The van der Waals surface area contributed by atoms with Gasteiger partial charge >= 0.3 is 12.2 Å². The van der Waals surface area contributed by atoms with E-state index in [-0.39, 0.29) is 48.2 Å². The van der Waals surface area contributed by atoms with Gasteiger partial charge in [0, 0.05) is 64.7 Å². The molecule has 2 unspecified atom stereocenters. The van der Waals surface area contributed by atoms with Crippen molar-refractivity contribution in [2.75, 3.05) is 60.3 Å². The molecule has 2 saturated heterocycles. The molecule has 1 aliphatic carbocycles. The molecule has 3 aliphatic rings. The predicted octanol–water partition coefficient (Wildman–Crippen LogP) is 6.17. The molecule has 2 amide bonds. The number of nitrogens with zero attached hydrogens (tertiary/aromatic N) is 2. The molecule has 1 aromatic rings. The molecular formula is C35H56N2O9. The molecule has 1 saturated carbocycles. The van der Waals surface area contributed by atoms with Crippen molar-refractivity contribution in [2.24, 2.45) is 17.8 Å². The van der Waals surface area contributed by atoms with E-state index in [9.17, 15) is 9.59 Å². The van der Waals surface area contributed by atoms with Crippen molar-refractivity contribution in [2.45, 2.75) is 97.0 Å². The van der Waals surface area contributed by atoms with Gasteiger partial charge in [-0.1, -0.05) is 13.8 Å². The van der Waals surface area contributed by atoms with Crippen molar-refractivity contribution in [1.82, 2.24) is 9.80 Å². The fourth-order valence-corrected chi connectivity index (χ4v) is 6.06. The summed E-state index contributed by atoms with van der Waals surface area (Å²) < 4.78 is 40.5. The topological polar surface area (TPSA) is 105 Å². The molecule has 2 aliphatic heterocycles. The minimum atomic E-state index is -0.598. The highest BCUT2D eigenvalue weighted by atomic mass is 16.6. The fraction of sp³-hybridized carbons (Fsp3) is 0.771. The zero-order valence-electron chi connectivity index (χ0n) is 29.0. The number of benzene rings is 1. The number of rotatable bonds is 15. The van der Waals surface area contributed by atoms with Gasteiger partial charge in [-0.25, -0.2) is 9.59 Å². The largest absolute Gasteiger partial charge is 0.493 e. The normalized spacial score (nSPS) is 21.2. The highest BCUT2D eigenvalue weighted by molar-refractivity contribution is 5.69. The van der Waals surface area contributed by atoms with Crippen LogP contribution in [0.1, 0.15) is 73.1 Å². The Morgan fingerprint density at radius 3 is 2.35 bits per heavy atom. The number of carbonyl (C=O) groups excluding carboxylic acids is 2. The van der Waals surface area contributed by atoms with Gasteiger partial charge < -0.3 is 43.0 Å². The lowest BCUT2D eigenvalue weighted by molar-refractivity contribution is -0.0129. The van der Waals surface area contributed by atoms with E-state index in [2.05, 4.69) is 13.8 Å². The zero-order chi connectivity index (χ0) is 33.3. The number of methoxy groups -OCH3 is 2. The minimum Gasteiger partial charge on any atom is -0.493 e. The highest BCUT2D eigenvalue weighted by Crippen LogP contribution is 2.37. The van der Waals surface area contributed by atoms with Gasteiger partial charge in [-0.3, -0.25) is 0 Å². The molecule has 4 rings (SSSR count). The average Bonchev–Trinajstić information content (AvgIpc) is 3.77. The summed E-state index contributed by atoms with van der Waals surface area (Å²) in [6, 6.07) is 5.82. The van der Waals surface area contributed by atoms with Crippen molar-refractivity contribution in [1.29, 1.82) is 0 Å². The Kier molecular flexibility index (Phi) is 13.1. The van der Waals surface area contributed by atoms with Crippen molar-refractivity contribution in [3.8, 4) is 17.2 Å². The van der Waals surface area contributed by atoms with Crippen LogP contribution in [-0.2, 0) is 18.9 Å². The van der Waals surface area contributed by atoms with Crippen LogP contribution in [0.3, 0.4) is 0 Å². The van der Waals surface area contributed by atoms with E-state index in [4.69, 9.17) is 33.2 Å². The molecule has 3 atom stereocenters. The van der Waals surface area contributed by atoms with Crippen LogP contribution in [0.25, 0.3) is 0 Å². The lowest BCUT2D eigenvalue weighted by atomic mass is 9.87. The van der Waals surface area contributed by atoms with Gasteiger partial charge in [0.25, 0.3) is 0 Å². The standard InChI is InChI=1S/C35H56N2O9/c1-24(2)31(44-29-11-12-30(41-7)32(20-29)43-16-8-15-40-6)19-25-21-36(33(38)46-35(3,4)5)22-26(25)23-37(27-9-10-27)34(39)45-28-13-17-42-18-14-28/h11-12,20,24-28,31H,8-10,13-19,21-23H2,1-7H3/t25?,26?,31-/m0/s1. The maximum Gasteiger partial charge on any atom is 0.410 e. The minimum absolute atomic E-state index is 0.0516. The number of carbonyl (C=O) groups is 2. The van der Waals surface area contributed by atoms with Gasteiger partial charge in [-0.15, -0.1) is 0 Å². The van der Waals surface area contributed by atoms with Crippen molar-refractivity contribution in [3.05, 3.63) is 18.2 Å².